The average Bonchev–Trinajstić information content (AvgIpc) is 2.91. The first-order valence-electron chi connectivity index (χ1n) is 7.39. The molecule has 0 aromatic heterocycles. The minimum Gasteiger partial charge on any atom is -0.366 e. The lowest BCUT2D eigenvalue weighted by atomic mass is 9.99. The summed E-state index contributed by atoms with van der Waals surface area (Å²) < 4.78 is 0. The van der Waals surface area contributed by atoms with E-state index in [1.807, 2.05) is 30.3 Å². The number of carbonyl (C=O) groups excluding carboxylic acids is 1. The van der Waals surface area contributed by atoms with Crippen LogP contribution in [0, 0.1) is 0 Å². The summed E-state index contributed by atoms with van der Waals surface area (Å²) >= 11 is 0. The van der Waals surface area contributed by atoms with E-state index < -0.39 is 0 Å². The highest BCUT2D eigenvalue weighted by Crippen LogP contribution is 2.35. The number of primary amides is 1. The summed E-state index contributed by atoms with van der Waals surface area (Å²) in [6.07, 6.45) is 2.01. The van der Waals surface area contributed by atoms with Crippen molar-refractivity contribution < 1.29 is 4.79 Å². The lowest BCUT2D eigenvalue weighted by molar-refractivity contribution is 0.0998. The topological polar surface area (TPSA) is 55.1 Å². The summed E-state index contributed by atoms with van der Waals surface area (Å²) in [4.78, 5) is 11.7. The molecule has 0 saturated carbocycles. The van der Waals surface area contributed by atoms with Gasteiger partial charge < -0.3 is 11.1 Å². The molecule has 0 fully saturated rings. The predicted octanol–water partition coefficient (Wildman–Crippen LogP) is 3.12. The van der Waals surface area contributed by atoms with Crippen LogP contribution in [0.2, 0.25) is 0 Å². The van der Waals surface area contributed by atoms with Crippen LogP contribution in [-0.4, -0.2) is 5.91 Å². The van der Waals surface area contributed by atoms with Gasteiger partial charge in [0.1, 0.15) is 0 Å². The van der Waals surface area contributed by atoms with Crippen LogP contribution in [-0.2, 0) is 6.42 Å². The third-order valence-corrected chi connectivity index (χ3v) is 4.26. The zero-order chi connectivity index (χ0) is 14.8. The second kappa shape index (κ2) is 5.70. The Balaban J connectivity index is 1.86. The molecule has 0 spiro atoms. The fourth-order valence-corrected chi connectivity index (χ4v) is 3.21. The van der Waals surface area contributed by atoms with E-state index in [-0.39, 0.29) is 18.0 Å². The Labute approximate surface area is 125 Å². The molecule has 1 amide bonds. The lowest BCUT2D eigenvalue weighted by Crippen LogP contribution is -2.25. The highest BCUT2D eigenvalue weighted by molar-refractivity contribution is 5.95. The Kier molecular flexibility index (Phi) is 3.76. The van der Waals surface area contributed by atoms with Gasteiger partial charge in [-0.3, -0.25) is 4.79 Å². The van der Waals surface area contributed by atoms with Crippen molar-refractivity contribution in [2.24, 2.45) is 5.73 Å². The number of nitrogens with one attached hydrogen (secondary N) is 1. The molecule has 0 bridgehead atoms. The van der Waals surface area contributed by atoms with Crippen molar-refractivity contribution in [1.29, 1.82) is 0 Å². The summed E-state index contributed by atoms with van der Waals surface area (Å²) in [7, 11) is 0. The first kappa shape index (κ1) is 13.8. The molecule has 2 aromatic carbocycles. The second-order valence-electron chi connectivity index (χ2n) is 5.63. The Morgan fingerprint density at radius 1 is 1.19 bits per heavy atom. The summed E-state index contributed by atoms with van der Waals surface area (Å²) in [5.41, 5.74) is 9.76. The number of benzene rings is 2. The minimum atomic E-state index is -0.340. The van der Waals surface area contributed by atoms with Gasteiger partial charge in [-0.05, 0) is 42.5 Å². The maximum Gasteiger partial charge on any atom is 0.249 e. The molecule has 3 heteroatoms. The summed E-state index contributed by atoms with van der Waals surface area (Å²) in [6.45, 7) is 2.15. The number of hydrogen-bond acceptors (Lipinski definition) is 2. The maximum atomic E-state index is 11.7. The molecule has 3 rings (SSSR count). The number of fused-ring (bicyclic) bond motifs is 1. The number of hydrogen-bond donors (Lipinski definition) is 2. The maximum absolute atomic E-state index is 11.7. The van der Waals surface area contributed by atoms with Crippen LogP contribution in [0.3, 0.4) is 0 Å². The first-order valence-corrected chi connectivity index (χ1v) is 7.39. The average molecular weight is 280 g/mol. The van der Waals surface area contributed by atoms with E-state index >= 15 is 0 Å². The Morgan fingerprint density at radius 2 is 1.95 bits per heavy atom. The van der Waals surface area contributed by atoms with E-state index in [1.54, 1.807) is 0 Å². The molecular weight excluding hydrogens is 260 g/mol. The van der Waals surface area contributed by atoms with E-state index in [0.717, 1.165) is 18.4 Å². The van der Waals surface area contributed by atoms with Crippen LogP contribution in [0.15, 0.2) is 48.5 Å². The van der Waals surface area contributed by atoms with Crippen molar-refractivity contribution in [3.05, 3.63) is 70.8 Å². The number of nitrogens with two attached hydrogens (primary N) is 1. The molecule has 2 atom stereocenters. The van der Waals surface area contributed by atoms with Crippen molar-refractivity contribution in [3.8, 4) is 0 Å². The molecule has 108 valence electrons. The summed E-state index contributed by atoms with van der Waals surface area (Å²) in [6, 6.07) is 16.6. The first-order chi connectivity index (χ1) is 10.2. The van der Waals surface area contributed by atoms with Crippen molar-refractivity contribution >= 4 is 5.91 Å². The van der Waals surface area contributed by atoms with Gasteiger partial charge in [0.05, 0.1) is 0 Å². The summed E-state index contributed by atoms with van der Waals surface area (Å²) in [5, 5.41) is 3.64. The van der Waals surface area contributed by atoms with Crippen LogP contribution in [0.4, 0.5) is 0 Å². The van der Waals surface area contributed by atoms with E-state index in [9.17, 15) is 4.79 Å². The van der Waals surface area contributed by atoms with E-state index in [2.05, 4.69) is 30.4 Å². The highest BCUT2D eigenvalue weighted by Gasteiger charge is 2.27. The molecule has 21 heavy (non-hydrogen) atoms. The van der Waals surface area contributed by atoms with E-state index in [4.69, 9.17) is 5.73 Å². The van der Waals surface area contributed by atoms with Gasteiger partial charge in [-0.25, -0.2) is 0 Å². The lowest BCUT2D eigenvalue weighted by Gasteiger charge is -2.22. The molecule has 3 N–H and O–H groups in total. The normalized spacial score (nSPS) is 18.2. The van der Waals surface area contributed by atoms with Crippen molar-refractivity contribution in [1.82, 2.24) is 5.32 Å². The van der Waals surface area contributed by atoms with Gasteiger partial charge >= 0.3 is 0 Å². The van der Waals surface area contributed by atoms with Gasteiger partial charge in [-0.1, -0.05) is 42.5 Å². The van der Waals surface area contributed by atoms with Gasteiger partial charge in [0.2, 0.25) is 5.91 Å². The van der Waals surface area contributed by atoms with Gasteiger partial charge in [0.15, 0.2) is 0 Å². The standard InChI is InChI=1S/C18H20N2O/c1-12(13-6-3-2-4-7-13)20-16-11-10-14-8-5-9-15(17(14)16)18(19)21/h2-9,12,16,20H,10-11H2,1H3,(H2,19,21)/t12-,16-/m0/s1. The summed E-state index contributed by atoms with van der Waals surface area (Å²) in [5.74, 6) is -0.340. The van der Waals surface area contributed by atoms with Crippen LogP contribution in [0.1, 0.15) is 52.5 Å². The third-order valence-electron chi connectivity index (χ3n) is 4.26. The Morgan fingerprint density at radius 3 is 2.67 bits per heavy atom. The molecule has 0 heterocycles. The molecular formula is C18H20N2O. The van der Waals surface area contributed by atoms with Crippen LogP contribution >= 0.6 is 0 Å². The molecule has 0 aliphatic heterocycles. The second-order valence-corrected chi connectivity index (χ2v) is 5.63. The predicted molar refractivity (Wildman–Crippen MR) is 84.0 cm³/mol. The smallest absolute Gasteiger partial charge is 0.249 e. The fraction of sp³-hybridized carbons (Fsp3) is 0.278. The minimum absolute atomic E-state index is 0.193. The SMILES string of the molecule is C[C@H](N[C@H]1CCc2cccc(C(N)=O)c21)c1ccccc1. The largest absolute Gasteiger partial charge is 0.366 e. The van der Waals surface area contributed by atoms with Crippen LogP contribution in [0.25, 0.3) is 0 Å². The number of amides is 1. The van der Waals surface area contributed by atoms with Crippen molar-refractivity contribution in [2.45, 2.75) is 31.8 Å². The van der Waals surface area contributed by atoms with Gasteiger partial charge in [-0.2, -0.15) is 0 Å². The molecule has 2 aromatic rings. The van der Waals surface area contributed by atoms with Gasteiger partial charge in [-0.15, -0.1) is 0 Å². The van der Waals surface area contributed by atoms with Crippen molar-refractivity contribution in [3.63, 3.8) is 0 Å². The molecule has 0 unspecified atom stereocenters. The number of carbonyl (C=O) groups is 1. The molecule has 0 radical (unpaired) electrons. The molecule has 3 nitrogen and oxygen atoms in total. The van der Waals surface area contributed by atoms with Gasteiger partial charge in [0.25, 0.3) is 0 Å². The molecule has 1 aliphatic rings. The van der Waals surface area contributed by atoms with Crippen molar-refractivity contribution in [2.75, 3.05) is 0 Å². The molecule has 1 aliphatic carbocycles. The van der Waals surface area contributed by atoms with Gasteiger partial charge in [0, 0.05) is 17.6 Å². The molecule has 0 saturated heterocycles. The number of aryl methyl sites for hydroxylation is 1. The van der Waals surface area contributed by atoms with Crippen LogP contribution in [0.5, 0.6) is 0 Å². The van der Waals surface area contributed by atoms with Crippen LogP contribution < -0.4 is 11.1 Å². The Bertz CT molecular complexity index is 652. The fourth-order valence-electron chi connectivity index (χ4n) is 3.21. The Hall–Kier alpha value is -2.13. The van der Waals surface area contributed by atoms with E-state index in [1.165, 1.54) is 11.1 Å². The monoisotopic (exact) mass is 280 g/mol. The quantitative estimate of drug-likeness (QED) is 0.904. The zero-order valence-corrected chi connectivity index (χ0v) is 12.2. The van der Waals surface area contributed by atoms with E-state index in [0.29, 0.717) is 5.56 Å². The highest BCUT2D eigenvalue weighted by atomic mass is 16.1. The zero-order valence-electron chi connectivity index (χ0n) is 12.2. The third kappa shape index (κ3) is 2.69. The number of rotatable bonds is 4.